The number of hydrogen-bond acceptors (Lipinski definition) is 8. The summed E-state index contributed by atoms with van der Waals surface area (Å²) < 4.78 is 7.55. The van der Waals surface area contributed by atoms with Crippen molar-refractivity contribution in [3.05, 3.63) is 30.1 Å². The first-order valence-electron chi connectivity index (χ1n) is 11.8. The molecule has 3 rings (SSSR count). The number of tetrazole rings is 1. The molecule has 196 valence electrons. The summed E-state index contributed by atoms with van der Waals surface area (Å²) in [5, 5.41) is 26.1. The number of urea groups is 1. The number of carbonyl (C=O) groups is 3. The Kier molecular flexibility index (Phi) is 8.80. The Morgan fingerprint density at radius 2 is 2.06 bits per heavy atom. The lowest BCUT2D eigenvalue weighted by Gasteiger charge is -2.38. The second-order valence-electron chi connectivity index (χ2n) is 9.37. The number of rotatable bonds is 8. The molecule has 0 bridgehead atoms. The molecule has 0 fully saturated rings. The van der Waals surface area contributed by atoms with Crippen LogP contribution < -0.4 is 15.4 Å². The highest BCUT2D eigenvalue weighted by atomic mass is 16.5. The van der Waals surface area contributed by atoms with E-state index in [-0.39, 0.29) is 48.5 Å². The van der Waals surface area contributed by atoms with Gasteiger partial charge in [-0.05, 0) is 49.4 Å². The molecular formula is C23H34N8O5. The van der Waals surface area contributed by atoms with E-state index >= 15 is 0 Å². The molecule has 0 radical (unpaired) electrons. The van der Waals surface area contributed by atoms with Crippen molar-refractivity contribution in [2.45, 2.75) is 52.4 Å². The van der Waals surface area contributed by atoms with Crippen LogP contribution in [0.25, 0.3) is 0 Å². The van der Waals surface area contributed by atoms with Crippen LogP contribution in [0.15, 0.2) is 24.5 Å². The van der Waals surface area contributed by atoms with Crippen molar-refractivity contribution in [3.63, 3.8) is 0 Å². The molecule has 1 aliphatic heterocycles. The molecule has 0 unspecified atom stereocenters. The number of aliphatic hydroxyl groups excluding tert-OH is 1. The minimum absolute atomic E-state index is 0.00989. The van der Waals surface area contributed by atoms with Gasteiger partial charge < -0.3 is 30.3 Å². The van der Waals surface area contributed by atoms with Crippen molar-refractivity contribution in [2.24, 2.45) is 5.92 Å². The number of aliphatic hydroxyl groups is 1. The minimum Gasteiger partial charge on any atom is -0.487 e. The quantitative estimate of drug-likeness (QED) is 0.474. The van der Waals surface area contributed by atoms with Crippen molar-refractivity contribution in [1.82, 2.24) is 35.3 Å². The Balaban J connectivity index is 1.87. The fourth-order valence-corrected chi connectivity index (χ4v) is 3.83. The third kappa shape index (κ3) is 6.68. The zero-order chi connectivity index (χ0) is 26.4. The van der Waals surface area contributed by atoms with E-state index in [1.807, 2.05) is 20.8 Å². The maximum absolute atomic E-state index is 13.5. The molecular weight excluding hydrogens is 468 g/mol. The Bertz CT molecular complexity index is 1060. The van der Waals surface area contributed by atoms with Crippen LogP contribution >= 0.6 is 0 Å². The van der Waals surface area contributed by atoms with Gasteiger partial charge in [0.1, 0.15) is 24.7 Å². The summed E-state index contributed by atoms with van der Waals surface area (Å²) in [6, 6.07) is 4.15. The molecule has 3 N–H and O–H groups in total. The van der Waals surface area contributed by atoms with E-state index in [1.165, 1.54) is 11.0 Å². The van der Waals surface area contributed by atoms with Crippen LogP contribution in [0.1, 0.15) is 38.1 Å². The standard InChI is InChI=1S/C23H34N8O5/c1-14(2)25-23(35)29(5)10-20-15(3)9-31(16(4)12-32)22(34)18-8-17(6-7-19(18)36-20)26-21(33)11-30-13-24-27-28-30/h6-8,13-16,20,32H,9-12H2,1-5H3,(H,25,35)(H,26,33)/t15-,16+,20+/m1/s1. The van der Waals surface area contributed by atoms with Gasteiger partial charge in [0.25, 0.3) is 5.91 Å². The highest BCUT2D eigenvalue weighted by molar-refractivity contribution is 5.99. The molecule has 13 nitrogen and oxygen atoms in total. The normalized spacial score (nSPS) is 18.5. The van der Waals surface area contributed by atoms with Crippen LogP contribution in [0.2, 0.25) is 0 Å². The van der Waals surface area contributed by atoms with Crippen molar-refractivity contribution in [3.8, 4) is 5.75 Å². The van der Waals surface area contributed by atoms with Crippen molar-refractivity contribution < 1.29 is 24.2 Å². The average molecular weight is 503 g/mol. The summed E-state index contributed by atoms with van der Waals surface area (Å²) in [6.45, 7) is 7.79. The molecule has 0 saturated heterocycles. The maximum atomic E-state index is 13.5. The lowest BCUT2D eigenvalue weighted by atomic mass is 9.99. The average Bonchev–Trinajstić information content (AvgIpc) is 3.33. The van der Waals surface area contributed by atoms with E-state index in [0.717, 1.165) is 0 Å². The van der Waals surface area contributed by atoms with E-state index in [9.17, 15) is 19.5 Å². The predicted molar refractivity (Wildman–Crippen MR) is 130 cm³/mol. The first-order chi connectivity index (χ1) is 17.1. The zero-order valence-electron chi connectivity index (χ0n) is 21.2. The summed E-state index contributed by atoms with van der Waals surface area (Å²) in [4.78, 5) is 41.5. The minimum atomic E-state index is -0.438. The largest absolute Gasteiger partial charge is 0.487 e. The highest BCUT2D eigenvalue weighted by Crippen LogP contribution is 2.30. The monoisotopic (exact) mass is 502 g/mol. The lowest BCUT2D eigenvalue weighted by Crippen LogP contribution is -2.51. The zero-order valence-corrected chi connectivity index (χ0v) is 21.2. The number of nitrogens with zero attached hydrogens (tertiary/aromatic N) is 6. The third-order valence-electron chi connectivity index (χ3n) is 5.86. The number of amides is 4. The Morgan fingerprint density at radius 3 is 2.69 bits per heavy atom. The summed E-state index contributed by atoms with van der Waals surface area (Å²) in [7, 11) is 1.69. The van der Waals surface area contributed by atoms with Gasteiger partial charge in [0.2, 0.25) is 5.91 Å². The first kappa shape index (κ1) is 26.9. The molecule has 2 heterocycles. The van der Waals surface area contributed by atoms with E-state index in [4.69, 9.17) is 4.74 Å². The number of carbonyl (C=O) groups excluding carboxylic acids is 3. The molecule has 0 spiro atoms. The Hall–Kier alpha value is -3.74. The van der Waals surface area contributed by atoms with E-state index in [2.05, 4.69) is 26.2 Å². The fraction of sp³-hybridized carbons (Fsp3) is 0.565. The summed E-state index contributed by atoms with van der Waals surface area (Å²) in [6.07, 6.45) is 0.902. The van der Waals surface area contributed by atoms with Crippen LogP contribution in [0, 0.1) is 5.92 Å². The molecule has 0 aliphatic carbocycles. The van der Waals surface area contributed by atoms with Gasteiger partial charge in [0, 0.05) is 31.2 Å². The smallest absolute Gasteiger partial charge is 0.317 e. The van der Waals surface area contributed by atoms with E-state index < -0.39 is 12.1 Å². The van der Waals surface area contributed by atoms with Crippen LogP contribution in [0.4, 0.5) is 10.5 Å². The predicted octanol–water partition coefficient (Wildman–Crippen LogP) is 0.582. The molecule has 2 aromatic rings. The van der Waals surface area contributed by atoms with Crippen molar-refractivity contribution >= 4 is 23.5 Å². The van der Waals surface area contributed by atoms with Gasteiger partial charge >= 0.3 is 6.03 Å². The van der Waals surface area contributed by atoms with Gasteiger partial charge in [-0.25, -0.2) is 9.48 Å². The Morgan fingerprint density at radius 1 is 1.31 bits per heavy atom. The molecule has 1 aromatic heterocycles. The van der Waals surface area contributed by atoms with Crippen LogP contribution in [-0.4, -0.2) is 97.9 Å². The number of likely N-dealkylation sites (N-methyl/N-ethyl adjacent to an activating group) is 1. The number of anilines is 1. The van der Waals surface area contributed by atoms with Gasteiger partial charge in [-0.15, -0.1) is 5.10 Å². The number of ether oxygens (including phenoxy) is 1. The topological polar surface area (TPSA) is 155 Å². The van der Waals surface area contributed by atoms with Crippen LogP contribution in [-0.2, 0) is 11.3 Å². The number of fused-ring (bicyclic) bond motifs is 1. The van der Waals surface area contributed by atoms with Gasteiger partial charge in [0.05, 0.1) is 24.8 Å². The second-order valence-corrected chi connectivity index (χ2v) is 9.37. The number of hydrogen-bond donors (Lipinski definition) is 3. The third-order valence-corrected chi connectivity index (χ3v) is 5.86. The molecule has 1 aliphatic rings. The molecule has 0 saturated carbocycles. The van der Waals surface area contributed by atoms with E-state index in [0.29, 0.717) is 24.5 Å². The molecule has 4 amide bonds. The van der Waals surface area contributed by atoms with Crippen LogP contribution in [0.3, 0.4) is 0 Å². The SMILES string of the molecule is CC(C)NC(=O)N(C)C[C@@H]1Oc2ccc(NC(=O)Cn3cnnn3)cc2C(=O)N([C@@H](C)CO)C[C@H]1C. The fourth-order valence-electron chi connectivity index (χ4n) is 3.83. The van der Waals surface area contributed by atoms with Crippen molar-refractivity contribution in [2.75, 3.05) is 32.1 Å². The lowest BCUT2D eigenvalue weighted by molar-refractivity contribution is -0.116. The van der Waals surface area contributed by atoms with Gasteiger partial charge in [-0.2, -0.15) is 0 Å². The molecule has 3 atom stereocenters. The molecule has 36 heavy (non-hydrogen) atoms. The highest BCUT2D eigenvalue weighted by Gasteiger charge is 2.34. The van der Waals surface area contributed by atoms with Crippen molar-refractivity contribution in [1.29, 1.82) is 0 Å². The number of aromatic nitrogens is 4. The summed E-state index contributed by atoms with van der Waals surface area (Å²) in [5.74, 6) is -0.491. The number of nitrogens with one attached hydrogen (secondary N) is 2. The summed E-state index contributed by atoms with van der Waals surface area (Å²) >= 11 is 0. The van der Waals surface area contributed by atoms with Gasteiger partial charge in [-0.3, -0.25) is 9.59 Å². The number of benzene rings is 1. The maximum Gasteiger partial charge on any atom is 0.317 e. The second kappa shape index (κ2) is 11.8. The molecule has 13 heteroatoms. The van der Waals surface area contributed by atoms with Gasteiger partial charge in [-0.1, -0.05) is 6.92 Å². The van der Waals surface area contributed by atoms with Crippen LogP contribution in [0.5, 0.6) is 5.75 Å². The Labute approximate surface area is 209 Å². The molecule has 1 aromatic carbocycles. The first-order valence-corrected chi connectivity index (χ1v) is 11.8. The summed E-state index contributed by atoms with van der Waals surface area (Å²) in [5.41, 5.74) is 0.653. The van der Waals surface area contributed by atoms with Gasteiger partial charge in [0.15, 0.2) is 0 Å². The van der Waals surface area contributed by atoms with E-state index in [1.54, 1.807) is 42.0 Å².